The van der Waals surface area contributed by atoms with Gasteiger partial charge in [0.2, 0.25) is 5.88 Å². The number of fused-ring (bicyclic) bond motifs is 2. The van der Waals surface area contributed by atoms with Gasteiger partial charge >= 0.3 is 6.03 Å². The number of carbonyl (C=O) groups is 1. The Balaban J connectivity index is 1.04. The molecule has 3 heterocycles. The van der Waals surface area contributed by atoms with Crippen molar-refractivity contribution in [2.75, 3.05) is 56.6 Å². The van der Waals surface area contributed by atoms with Crippen molar-refractivity contribution in [1.29, 1.82) is 0 Å². The number of carbonyl (C=O) groups excluding carboxylic acids is 1. The summed E-state index contributed by atoms with van der Waals surface area (Å²) >= 11 is 0. The van der Waals surface area contributed by atoms with E-state index in [4.69, 9.17) is 4.74 Å². The Morgan fingerprint density at radius 1 is 0.970 bits per heavy atom. The number of piperazine rings is 1. The number of amides is 2. The minimum atomic E-state index is -0.132. The molecule has 172 valence electrons. The Morgan fingerprint density at radius 2 is 1.79 bits per heavy atom. The second kappa shape index (κ2) is 9.67. The van der Waals surface area contributed by atoms with Crippen LogP contribution in [0.15, 0.2) is 54.6 Å². The first-order valence-corrected chi connectivity index (χ1v) is 11.8. The Kier molecular flexibility index (Phi) is 6.30. The van der Waals surface area contributed by atoms with Crippen LogP contribution in [-0.2, 0) is 6.54 Å². The number of nitrogens with one attached hydrogen (secondary N) is 1. The Morgan fingerprint density at radius 3 is 2.67 bits per heavy atom. The molecular weight excluding hydrogens is 414 g/mol. The van der Waals surface area contributed by atoms with Crippen LogP contribution >= 0.6 is 0 Å². The molecule has 5 rings (SSSR count). The van der Waals surface area contributed by atoms with Gasteiger partial charge in [-0.3, -0.25) is 10.2 Å². The molecule has 2 aliphatic rings. The van der Waals surface area contributed by atoms with Crippen molar-refractivity contribution in [1.82, 2.24) is 14.8 Å². The highest BCUT2D eigenvalue weighted by Crippen LogP contribution is 2.27. The molecule has 33 heavy (non-hydrogen) atoms. The third-order valence-corrected chi connectivity index (χ3v) is 6.53. The highest BCUT2D eigenvalue weighted by molar-refractivity contribution is 5.94. The van der Waals surface area contributed by atoms with Gasteiger partial charge in [0.1, 0.15) is 5.82 Å². The summed E-state index contributed by atoms with van der Waals surface area (Å²) in [4.78, 5) is 22.9. The predicted molar refractivity (Wildman–Crippen MR) is 132 cm³/mol. The van der Waals surface area contributed by atoms with E-state index in [1.165, 1.54) is 16.5 Å². The summed E-state index contributed by atoms with van der Waals surface area (Å²) in [5.74, 6) is 1.18. The molecule has 2 aliphatic heterocycles. The molecule has 7 heteroatoms. The van der Waals surface area contributed by atoms with Crippen molar-refractivity contribution < 1.29 is 9.53 Å². The molecule has 0 aliphatic carbocycles. The fourth-order valence-electron chi connectivity index (χ4n) is 4.62. The molecule has 0 saturated carbocycles. The molecule has 3 aromatic rings. The number of benzene rings is 2. The molecule has 2 amide bonds. The molecule has 7 nitrogen and oxygen atoms in total. The van der Waals surface area contributed by atoms with Gasteiger partial charge in [0.05, 0.1) is 13.2 Å². The molecule has 1 aromatic heterocycles. The Labute approximate surface area is 194 Å². The number of ether oxygens (including phenoxy) is 1. The van der Waals surface area contributed by atoms with E-state index in [1.54, 1.807) is 11.9 Å². The minimum Gasteiger partial charge on any atom is -0.478 e. The van der Waals surface area contributed by atoms with Gasteiger partial charge in [-0.25, -0.2) is 4.79 Å². The summed E-state index contributed by atoms with van der Waals surface area (Å²) < 4.78 is 5.84. The maximum atomic E-state index is 11.8. The Hall–Kier alpha value is -3.32. The summed E-state index contributed by atoms with van der Waals surface area (Å²) in [6.45, 7) is 6.59. The van der Waals surface area contributed by atoms with Crippen LogP contribution in [-0.4, -0.2) is 67.2 Å². The number of rotatable bonds is 7. The maximum absolute atomic E-state index is 11.8. The minimum absolute atomic E-state index is 0.132. The summed E-state index contributed by atoms with van der Waals surface area (Å²) in [7, 11) is 1.77. The van der Waals surface area contributed by atoms with Crippen LogP contribution in [0.25, 0.3) is 10.8 Å². The first-order chi connectivity index (χ1) is 16.2. The van der Waals surface area contributed by atoms with Gasteiger partial charge in [-0.15, -0.1) is 0 Å². The topological polar surface area (TPSA) is 60.9 Å². The van der Waals surface area contributed by atoms with Crippen molar-refractivity contribution in [2.24, 2.45) is 0 Å². The first-order valence-electron chi connectivity index (χ1n) is 11.8. The van der Waals surface area contributed by atoms with Gasteiger partial charge in [0.25, 0.3) is 0 Å². The van der Waals surface area contributed by atoms with Crippen LogP contribution in [0.5, 0.6) is 5.88 Å². The van der Waals surface area contributed by atoms with Crippen LogP contribution in [0.4, 0.5) is 16.3 Å². The van der Waals surface area contributed by atoms with E-state index in [2.05, 4.69) is 62.6 Å². The van der Waals surface area contributed by atoms with E-state index in [0.29, 0.717) is 24.8 Å². The van der Waals surface area contributed by atoms with Gasteiger partial charge in [0.15, 0.2) is 0 Å². The fraction of sp³-hybridized carbons (Fsp3) is 0.385. The number of hydrogen-bond acceptors (Lipinski definition) is 5. The number of aromatic nitrogens is 1. The molecule has 0 atom stereocenters. The van der Waals surface area contributed by atoms with E-state index in [1.807, 2.05) is 12.1 Å². The lowest BCUT2D eigenvalue weighted by Crippen LogP contribution is -2.46. The predicted octanol–water partition coefficient (Wildman–Crippen LogP) is 4.19. The summed E-state index contributed by atoms with van der Waals surface area (Å²) in [6, 6.07) is 19.0. The largest absolute Gasteiger partial charge is 0.478 e. The normalized spacial score (nSPS) is 16.6. The lowest BCUT2D eigenvalue weighted by Gasteiger charge is -2.36. The number of urea groups is 1. The first kappa shape index (κ1) is 21.5. The third-order valence-electron chi connectivity index (χ3n) is 6.53. The monoisotopic (exact) mass is 445 g/mol. The quantitative estimate of drug-likeness (QED) is 0.553. The van der Waals surface area contributed by atoms with Crippen molar-refractivity contribution >= 4 is 28.3 Å². The second-order valence-corrected chi connectivity index (χ2v) is 8.83. The van der Waals surface area contributed by atoms with E-state index in [-0.39, 0.29) is 6.03 Å². The van der Waals surface area contributed by atoms with E-state index >= 15 is 0 Å². The van der Waals surface area contributed by atoms with Gasteiger partial charge in [-0.2, -0.15) is 4.98 Å². The lowest BCUT2D eigenvalue weighted by atomic mass is 10.1. The third kappa shape index (κ3) is 4.88. The standard InChI is InChI=1S/C26H31N5O2/c1-29-19-21-11-12-24(27-25(21)28-26(29)32)33-18-5-4-13-30-14-16-31(17-15-30)23-10-6-8-20-7-2-3-9-22(20)23/h2-3,6-12H,4-5,13-19H2,1H3,(H,27,28,32). The highest BCUT2D eigenvalue weighted by atomic mass is 16.5. The van der Waals surface area contributed by atoms with Crippen LogP contribution in [0.3, 0.4) is 0 Å². The average molecular weight is 446 g/mol. The second-order valence-electron chi connectivity index (χ2n) is 8.83. The van der Waals surface area contributed by atoms with Gasteiger partial charge in [-0.05, 0) is 36.9 Å². The zero-order chi connectivity index (χ0) is 22.6. The van der Waals surface area contributed by atoms with Crippen LogP contribution in [0, 0.1) is 0 Å². The molecule has 0 unspecified atom stereocenters. The number of anilines is 2. The SMILES string of the molecule is CN1Cc2ccc(OCCCCN3CCN(c4cccc5ccccc45)CC3)nc2NC1=O. The zero-order valence-corrected chi connectivity index (χ0v) is 19.2. The van der Waals surface area contributed by atoms with Gasteiger partial charge in [0, 0.05) is 55.9 Å². The Bertz CT molecular complexity index is 1120. The van der Waals surface area contributed by atoms with Gasteiger partial charge < -0.3 is 14.5 Å². The van der Waals surface area contributed by atoms with Crippen LogP contribution in [0.1, 0.15) is 18.4 Å². The average Bonchev–Trinajstić information content (AvgIpc) is 2.85. The molecule has 0 spiro atoms. The molecule has 2 aromatic carbocycles. The molecule has 1 fully saturated rings. The van der Waals surface area contributed by atoms with Crippen molar-refractivity contribution in [3.8, 4) is 5.88 Å². The highest BCUT2D eigenvalue weighted by Gasteiger charge is 2.21. The fourth-order valence-corrected chi connectivity index (χ4v) is 4.62. The number of hydrogen-bond donors (Lipinski definition) is 1. The van der Waals surface area contributed by atoms with E-state index in [0.717, 1.165) is 51.1 Å². The molecule has 0 bridgehead atoms. The van der Waals surface area contributed by atoms with Crippen LogP contribution in [0.2, 0.25) is 0 Å². The van der Waals surface area contributed by atoms with Crippen molar-refractivity contribution in [2.45, 2.75) is 19.4 Å². The van der Waals surface area contributed by atoms with Crippen LogP contribution < -0.4 is 15.0 Å². The van der Waals surface area contributed by atoms with Crippen molar-refractivity contribution in [3.63, 3.8) is 0 Å². The summed E-state index contributed by atoms with van der Waals surface area (Å²) in [6.07, 6.45) is 2.08. The lowest BCUT2D eigenvalue weighted by molar-refractivity contribution is 0.218. The summed E-state index contributed by atoms with van der Waals surface area (Å²) in [5, 5.41) is 5.45. The number of nitrogens with zero attached hydrogens (tertiary/aromatic N) is 4. The molecule has 0 radical (unpaired) electrons. The number of pyridine rings is 1. The van der Waals surface area contributed by atoms with Gasteiger partial charge in [-0.1, -0.05) is 36.4 Å². The smallest absolute Gasteiger partial charge is 0.323 e. The summed E-state index contributed by atoms with van der Waals surface area (Å²) in [5.41, 5.74) is 2.36. The molecular formula is C26H31N5O2. The molecule has 1 N–H and O–H groups in total. The maximum Gasteiger partial charge on any atom is 0.323 e. The molecule has 1 saturated heterocycles. The van der Waals surface area contributed by atoms with E-state index in [9.17, 15) is 4.79 Å². The zero-order valence-electron chi connectivity index (χ0n) is 19.2. The number of unbranched alkanes of at least 4 members (excludes halogenated alkanes) is 1. The van der Waals surface area contributed by atoms with E-state index < -0.39 is 0 Å². The van der Waals surface area contributed by atoms with Crippen molar-refractivity contribution in [3.05, 3.63) is 60.2 Å².